The Labute approximate surface area is 167 Å². The highest BCUT2D eigenvalue weighted by atomic mass is 16.5. The molecule has 2 heterocycles. The van der Waals surface area contributed by atoms with Crippen molar-refractivity contribution in [3.8, 4) is 11.4 Å². The summed E-state index contributed by atoms with van der Waals surface area (Å²) in [4.78, 5) is 26.7. The Hall–Kier alpha value is -3.59. The number of carbonyl (C=O) groups excluding carboxylic acids is 2. The van der Waals surface area contributed by atoms with Crippen molar-refractivity contribution in [2.45, 2.75) is 6.54 Å². The second-order valence-electron chi connectivity index (χ2n) is 6.60. The highest BCUT2D eigenvalue weighted by molar-refractivity contribution is 5.95. The molecule has 0 atom stereocenters. The molecule has 9 heteroatoms. The van der Waals surface area contributed by atoms with Crippen molar-refractivity contribution in [3.05, 3.63) is 65.2 Å². The fraction of sp³-hybridized carbons (Fsp3) is 0.250. The number of hydrogen-bond acceptors (Lipinski definition) is 6. The standard InChI is InChI=1S/C20H20N6O3/c27-19(17-3-1-2-16(12-17)18-22-24-25-23-18)21-13-14-4-6-15(7-5-14)20(28)26-8-10-29-11-9-26/h1-7,12H,8-11,13H2,(H,21,27)(H,22,23,24,25). The van der Waals surface area contributed by atoms with Gasteiger partial charge in [0.05, 0.1) is 13.2 Å². The smallest absolute Gasteiger partial charge is 0.254 e. The lowest BCUT2D eigenvalue weighted by atomic mass is 10.1. The van der Waals surface area contributed by atoms with Crippen LogP contribution < -0.4 is 5.32 Å². The van der Waals surface area contributed by atoms with Crippen molar-refractivity contribution in [3.63, 3.8) is 0 Å². The van der Waals surface area contributed by atoms with E-state index in [2.05, 4.69) is 25.9 Å². The van der Waals surface area contributed by atoms with Crippen LogP contribution in [-0.4, -0.2) is 63.6 Å². The van der Waals surface area contributed by atoms with Gasteiger partial charge in [-0.1, -0.05) is 24.3 Å². The van der Waals surface area contributed by atoms with Gasteiger partial charge in [0.25, 0.3) is 11.8 Å². The Morgan fingerprint density at radius 3 is 2.59 bits per heavy atom. The number of tetrazole rings is 1. The molecule has 1 aliphatic rings. The summed E-state index contributed by atoms with van der Waals surface area (Å²) in [5.41, 5.74) is 2.75. The van der Waals surface area contributed by atoms with Gasteiger partial charge < -0.3 is 15.0 Å². The van der Waals surface area contributed by atoms with Crippen LogP contribution in [0.5, 0.6) is 0 Å². The molecule has 148 valence electrons. The van der Waals surface area contributed by atoms with E-state index in [0.717, 1.165) is 5.56 Å². The monoisotopic (exact) mass is 392 g/mol. The average molecular weight is 392 g/mol. The summed E-state index contributed by atoms with van der Waals surface area (Å²) in [6.45, 7) is 2.73. The number of rotatable bonds is 5. The number of aromatic nitrogens is 4. The Morgan fingerprint density at radius 2 is 1.86 bits per heavy atom. The van der Waals surface area contributed by atoms with Gasteiger partial charge >= 0.3 is 0 Å². The molecule has 1 aliphatic heterocycles. The molecule has 0 saturated carbocycles. The first kappa shape index (κ1) is 18.8. The molecule has 29 heavy (non-hydrogen) atoms. The largest absolute Gasteiger partial charge is 0.378 e. The molecule has 3 aromatic rings. The number of carbonyl (C=O) groups is 2. The lowest BCUT2D eigenvalue weighted by Gasteiger charge is -2.26. The van der Waals surface area contributed by atoms with E-state index in [9.17, 15) is 9.59 Å². The Balaban J connectivity index is 1.36. The predicted molar refractivity (Wildman–Crippen MR) is 104 cm³/mol. The van der Waals surface area contributed by atoms with Gasteiger partial charge in [0.1, 0.15) is 0 Å². The van der Waals surface area contributed by atoms with Crippen molar-refractivity contribution in [2.24, 2.45) is 0 Å². The molecule has 0 aliphatic carbocycles. The van der Waals surface area contributed by atoms with Crippen LogP contribution in [0.3, 0.4) is 0 Å². The van der Waals surface area contributed by atoms with Crippen molar-refractivity contribution < 1.29 is 14.3 Å². The van der Waals surface area contributed by atoms with Gasteiger partial charge in [-0.05, 0) is 35.0 Å². The zero-order valence-corrected chi connectivity index (χ0v) is 15.7. The van der Waals surface area contributed by atoms with Gasteiger partial charge in [0.2, 0.25) is 5.82 Å². The molecule has 1 saturated heterocycles. The van der Waals surface area contributed by atoms with E-state index >= 15 is 0 Å². The molecule has 2 aromatic carbocycles. The topological polar surface area (TPSA) is 113 Å². The minimum Gasteiger partial charge on any atom is -0.378 e. The second-order valence-corrected chi connectivity index (χ2v) is 6.60. The highest BCUT2D eigenvalue weighted by Crippen LogP contribution is 2.15. The second kappa shape index (κ2) is 8.61. The molecule has 0 spiro atoms. The molecular formula is C20H20N6O3. The molecular weight excluding hydrogens is 372 g/mol. The van der Waals surface area contributed by atoms with Crippen LogP contribution in [0.25, 0.3) is 11.4 Å². The first-order chi connectivity index (χ1) is 14.2. The van der Waals surface area contributed by atoms with Crippen LogP contribution in [0.15, 0.2) is 48.5 Å². The molecule has 2 N–H and O–H groups in total. The highest BCUT2D eigenvalue weighted by Gasteiger charge is 2.18. The first-order valence-corrected chi connectivity index (χ1v) is 9.29. The van der Waals surface area contributed by atoms with Crippen molar-refractivity contribution in [1.82, 2.24) is 30.8 Å². The SMILES string of the molecule is O=C(NCc1ccc(C(=O)N2CCOCC2)cc1)c1cccc(-c2nn[nH]n2)c1. The van der Waals surface area contributed by atoms with Crippen LogP contribution in [0.4, 0.5) is 0 Å². The van der Waals surface area contributed by atoms with E-state index in [-0.39, 0.29) is 11.8 Å². The summed E-state index contributed by atoms with van der Waals surface area (Å²) in [5, 5.41) is 16.6. The third-order valence-electron chi connectivity index (χ3n) is 4.68. The van der Waals surface area contributed by atoms with Gasteiger partial charge in [-0.15, -0.1) is 10.2 Å². The van der Waals surface area contributed by atoms with Crippen LogP contribution in [0, 0.1) is 0 Å². The zero-order chi connectivity index (χ0) is 20.1. The fourth-order valence-electron chi connectivity index (χ4n) is 3.08. The Morgan fingerprint density at radius 1 is 1.07 bits per heavy atom. The lowest BCUT2D eigenvalue weighted by Crippen LogP contribution is -2.40. The Kier molecular flexibility index (Phi) is 5.57. The summed E-state index contributed by atoms with van der Waals surface area (Å²) in [5.74, 6) is 0.228. The maximum atomic E-state index is 12.5. The average Bonchev–Trinajstić information content (AvgIpc) is 3.33. The Bertz CT molecular complexity index is 982. The molecule has 4 rings (SSSR count). The van der Waals surface area contributed by atoms with E-state index in [0.29, 0.717) is 55.4 Å². The summed E-state index contributed by atoms with van der Waals surface area (Å²) >= 11 is 0. The number of ether oxygens (including phenoxy) is 1. The van der Waals surface area contributed by atoms with Gasteiger partial charge in [-0.3, -0.25) is 9.59 Å². The number of morpholine rings is 1. The van der Waals surface area contributed by atoms with E-state index < -0.39 is 0 Å². The maximum Gasteiger partial charge on any atom is 0.254 e. The van der Waals surface area contributed by atoms with E-state index in [4.69, 9.17) is 4.74 Å². The lowest BCUT2D eigenvalue weighted by molar-refractivity contribution is 0.0303. The van der Waals surface area contributed by atoms with Crippen molar-refractivity contribution in [2.75, 3.05) is 26.3 Å². The number of H-pyrrole nitrogens is 1. The summed E-state index contributed by atoms with van der Waals surface area (Å²) in [6, 6.07) is 14.3. The van der Waals surface area contributed by atoms with E-state index in [1.165, 1.54) is 0 Å². The van der Waals surface area contributed by atoms with E-state index in [1.54, 1.807) is 35.2 Å². The van der Waals surface area contributed by atoms with Gasteiger partial charge in [0.15, 0.2) is 0 Å². The zero-order valence-electron chi connectivity index (χ0n) is 15.7. The van der Waals surface area contributed by atoms with Crippen LogP contribution in [0.1, 0.15) is 26.3 Å². The van der Waals surface area contributed by atoms with Crippen LogP contribution >= 0.6 is 0 Å². The molecule has 0 radical (unpaired) electrons. The quantitative estimate of drug-likeness (QED) is 0.676. The number of aromatic amines is 1. The molecule has 0 unspecified atom stereocenters. The number of nitrogens with zero attached hydrogens (tertiary/aromatic N) is 4. The minimum absolute atomic E-state index is 0.00201. The molecule has 0 bridgehead atoms. The molecule has 2 amide bonds. The van der Waals surface area contributed by atoms with Gasteiger partial charge in [-0.2, -0.15) is 5.21 Å². The first-order valence-electron chi connectivity index (χ1n) is 9.29. The van der Waals surface area contributed by atoms with E-state index in [1.807, 2.05) is 18.2 Å². The third kappa shape index (κ3) is 4.46. The predicted octanol–water partition coefficient (Wildman–Crippen LogP) is 1.27. The van der Waals surface area contributed by atoms with Crippen LogP contribution in [-0.2, 0) is 11.3 Å². The molecule has 9 nitrogen and oxygen atoms in total. The summed E-state index contributed by atoms with van der Waals surface area (Å²) in [7, 11) is 0. The summed E-state index contributed by atoms with van der Waals surface area (Å²) in [6.07, 6.45) is 0. The molecule has 1 fully saturated rings. The van der Waals surface area contributed by atoms with Gasteiger partial charge in [0, 0.05) is 36.3 Å². The van der Waals surface area contributed by atoms with Gasteiger partial charge in [-0.25, -0.2) is 0 Å². The number of hydrogen-bond donors (Lipinski definition) is 2. The van der Waals surface area contributed by atoms with Crippen molar-refractivity contribution in [1.29, 1.82) is 0 Å². The molecule has 1 aromatic heterocycles. The number of nitrogens with one attached hydrogen (secondary N) is 2. The fourth-order valence-corrected chi connectivity index (χ4v) is 3.08. The number of amides is 2. The summed E-state index contributed by atoms with van der Waals surface area (Å²) < 4.78 is 5.28. The number of benzene rings is 2. The minimum atomic E-state index is -0.205. The normalized spacial score (nSPS) is 13.9. The van der Waals surface area contributed by atoms with Crippen LogP contribution in [0.2, 0.25) is 0 Å². The maximum absolute atomic E-state index is 12.5. The van der Waals surface area contributed by atoms with Crippen molar-refractivity contribution >= 4 is 11.8 Å². The third-order valence-corrected chi connectivity index (χ3v) is 4.68.